The second kappa shape index (κ2) is 6.58. The minimum atomic E-state index is -3.17. The first-order valence-corrected chi connectivity index (χ1v) is 9.05. The highest BCUT2D eigenvalue weighted by atomic mass is 35.5. The van der Waals surface area contributed by atoms with E-state index in [0.29, 0.717) is 5.41 Å². The standard InChI is InChI=1S/C13H26ClNO2S/c1-4-13(2,3)11-5-7-12(8-6-11)15-18(16,17)10-9-14/h11-12,15H,4-10H2,1-3H3. The van der Waals surface area contributed by atoms with Crippen LogP contribution in [0.5, 0.6) is 0 Å². The fourth-order valence-corrected chi connectivity index (χ4v) is 4.37. The first kappa shape index (κ1) is 16.3. The van der Waals surface area contributed by atoms with E-state index in [4.69, 9.17) is 11.6 Å². The Bertz CT molecular complexity index is 346. The first-order chi connectivity index (χ1) is 8.30. The van der Waals surface area contributed by atoms with Gasteiger partial charge in [-0.05, 0) is 37.0 Å². The second-order valence-corrected chi connectivity index (χ2v) is 8.27. The van der Waals surface area contributed by atoms with Crippen LogP contribution in [0.3, 0.4) is 0 Å². The predicted octanol–water partition coefficient (Wildman–Crippen LogP) is 3.14. The Morgan fingerprint density at radius 1 is 1.22 bits per heavy atom. The Morgan fingerprint density at radius 3 is 2.22 bits per heavy atom. The van der Waals surface area contributed by atoms with Gasteiger partial charge in [-0.25, -0.2) is 13.1 Å². The average Bonchev–Trinajstić information content (AvgIpc) is 2.29. The summed E-state index contributed by atoms with van der Waals surface area (Å²) < 4.78 is 26.0. The average molecular weight is 296 g/mol. The number of hydrogen-bond donors (Lipinski definition) is 1. The summed E-state index contributed by atoms with van der Waals surface area (Å²) in [5.74, 6) is 0.902. The third kappa shape index (κ3) is 4.71. The van der Waals surface area contributed by atoms with Gasteiger partial charge in [0.1, 0.15) is 0 Å². The molecule has 0 radical (unpaired) electrons. The Balaban J connectivity index is 2.45. The van der Waals surface area contributed by atoms with Crippen LogP contribution in [0.25, 0.3) is 0 Å². The summed E-state index contributed by atoms with van der Waals surface area (Å²) in [5.41, 5.74) is 0.375. The van der Waals surface area contributed by atoms with E-state index in [0.717, 1.165) is 31.6 Å². The molecule has 0 aromatic rings. The van der Waals surface area contributed by atoms with Crippen LogP contribution in [0.4, 0.5) is 0 Å². The van der Waals surface area contributed by atoms with Crippen LogP contribution in [0, 0.1) is 11.3 Å². The number of hydrogen-bond acceptors (Lipinski definition) is 2. The van der Waals surface area contributed by atoms with Gasteiger partial charge >= 0.3 is 0 Å². The lowest BCUT2D eigenvalue weighted by Gasteiger charge is -2.38. The van der Waals surface area contributed by atoms with Crippen molar-refractivity contribution in [2.75, 3.05) is 11.6 Å². The topological polar surface area (TPSA) is 46.2 Å². The number of nitrogens with one attached hydrogen (secondary N) is 1. The van der Waals surface area contributed by atoms with Crippen molar-refractivity contribution >= 4 is 21.6 Å². The van der Waals surface area contributed by atoms with E-state index in [1.807, 2.05) is 0 Å². The van der Waals surface area contributed by atoms with Crippen molar-refractivity contribution in [3.63, 3.8) is 0 Å². The summed E-state index contributed by atoms with van der Waals surface area (Å²) >= 11 is 5.49. The predicted molar refractivity (Wildman–Crippen MR) is 77.5 cm³/mol. The molecule has 0 amide bonds. The normalized spacial score (nSPS) is 26.2. The van der Waals surface area contributed by atoms with Crippen molar-refractivity contribution < 1.29 is 8.42 Å². The molecule has 0 saturated heterocycles. The van der Waals surface area contributed by atoms with E-state index < -0.39 is 10.0 Å². The van der Waals surface area contributed by atoms with Crippen LogP contribution in [-0.4, -0.2) is 26.1 Å². The highest BCUT2D eigenvalue weighted by Gasteiger charge is 2.32. The maximum atomic E-state index is 11.6. The summed E-state index contributed by atoms with van der Waals surface area (Å²) in [6.07, 6.45) is 5.33. The van der Waals surface area contributed by atoms with E-state index in [9.17, 15) is 8.42 Å². The van der Waals surface area contributed by atoms with Crippen LogP contribution in [0.1, 0.15) is 52.9 Å². The molecular weight excluding hydrogens is 270 g/mol. The molecule has 0 spiro atoms. The fraction of sp³-hybridized carbons (Fsp3) is 1.00. The summed E-state index contributed by atoms with van der Waals surface area (Å²) in [5, 5.41) is 0. The van der Waals surface area contributed by atoms with Crippen LogP contribution in [0.15, 0.2) is 0 Å². The molecule has 0 unspecified atom stereocenters. The largest absolute Gasteiger partial charge is 0.213 e. The number of rotatable bonds is 6. The molecule has 0 heterocycles. The zero-order valence-electron chi connectivity index (χ0n) is 11.7. The van der Waals surface area contributed by atoms with Crippen LogP contribution >= 0.6 is 11.6 Å². The van der Waals surface area contributed by atoms with Crippen LogP contribution in [-0.2, 0) is 10.0 Å². The van der Waals surface area contributed by atoms with E-state index in [1.54, 1.807) is 0 Å². The summed E-state index contributed by atoms with van der Waals surface area (Å²) in [7, 11) is -3.17. The second-order valence-electron chi connectivity index (χ2n) is 6.02. The molecule has 3 nitrogen and oxygen atoms in total. The molecule has 0 aromatic heterocycles. The van der Waals surface area contributed by atoms with Crippen LogP contribution in [0.2, 0.25) is 0 Å². The third-order valence-electron chi connectivity index (χ3n) is 4.44. The van der Waals surface area contributed by atoms with Crippen molar-refractivity contribution in [2.24, 2.45) is 11.3 Å². The molecule has 18 heavy (non-hydrogen) atoms. The molecule has 1 aliphatic rings. The molecule has 0 atom stereocenters. The number of alkyl halides is 1. The monoisotopic (exact) mass is 295 g/mol. The maximum absolute atomic E-state index is 11.6. The van der Waals surface area contributed by atoms with Crippen molar-refractivity contribution in [3.8, 4) is 0 Å². The molecule has 1 aliphatic carbocycles. The van der Waals surface area contributed by atoms with Crippen molar-refractivity contribution in [1.82, 2.24) is 4.72 Å². The van der Waals surface area contributed by atoms with Gasteiger partial charge in [-0.2, -0.15) is 0 Å². The van der Waals surface area contributed by atoms with E-state index >= 15 is 0 Å². The minimum absolute atomic E-state index is 0.0228. The van der Waals surface area contributed by atoms with Crippen LogP contribution < -0.4 is 4.72 Å². The van der Waals surface area contributed by atoms with Gasteiger partial charge in [0.25, 0.3) is 0 Å². The highest BCUT2D eigenvalue weighted by Crippen LogP contribution is 2.40. The molecule has 1 N–H and O–H groups in total. The summed E-state index contributed by atoms with van der Waals surface area (Å²) in [6, 6.07) is 0.113. The molecular formula is C13H26ClNO2S. The van der Waals surface area contributed by atoms with Crippen molar-refractivity contribution in [3.05, 3.63) is 0 Å². The Morgan fingerprint density at radius 2 is 1.78 bits per heavy atom. The van der Waals surface area contributed by atoms with Gasteiger partial charge < -0.3 is 0 Å². The number of halogens is 1. The number of sulfonamides is 1. The SMILES string of the molecule is CCC(C)(C)C1CCC(NS(=O)(=O)CCCl)CC1. The van der Waals surface area contributed by atoms with E-state index in [2.05, 4.69) is 25.5 Å². The Labute approximate surface area is 117 Å². The molecule has 108 valence electrons. The zero-order valence-corrected chi connectivity index (χ0v) is 13.3. The Kier molecular flexibility index (Phi) is 5.94. The minimum Gasteiger partial charge on any atom is -0.212 e. The van der Waals surface area contributed by atoms with E-state index in [-0.39, 0.29) is 17.7 Å². The van der Waals surface area contributed by atoms with Gasteiger partial charge in [-0.3, -0.25) is 0 Å². The lowest BCUT2D eigenvalue weighted by atomic mass is 9.69. The molecule has 5 heteroatoms. The van der Waals surface area contributed by atoms with Gasteiger partial charge in [0.05, 0.1) is 5.75 Å². The van der Waals surface area contributed by atoms with Crippen molar-refractivity contribution in [1.29, 1.82) is 0 Å². The van der Waals surface area contributed by atoms with Gasteiger partial charge in [0, 0.05) is 11.9 Å². The van der Waals surface area contributed by atoms with Crippen molar-refractivity contribution in [2.45, 2.75) is 58.9 Å². The molecule has 0 bridgehead atoms. The summed E-state index contributed by atoms with van der Waals surface area (Å²) in [4.78, 5) is 0. The van der Waals surface area contributed by atoms with E-state index in [1.165, 1.54) is 6.42 Å². The third-order valence-corrected chi connectivity index (χ3v) is 6.28. The lowest BCUT2D eigenvalue weighted by Crippen LogP contribution is -2.41. The fourth-order valence-electron chi connectivity index (χ4n) is 2.70. The summed E-state index contributed by atoms with van der Waals surface area (Å²) in [6.45, 7) is 6.86. The molecule has 0 aromatic carbocycles. The highest BCUT2D eigenvalue weighted by molar-refractivity contribution is 7.89. The molecule has 1 saturated carbocycles. The Hall–Kier alpha value is 0.200. The van der Waals surface area contributed by atoms with Gasteiger partial charge in [-0.1, -0.05) is 27.2 Å². The quantitative estimate of drug-likeness (QED) is 0.765. The smallest absolute Gasteiger partial charge is 0.212 e. The zero-order chi connectivity index (χ0) is 13.8. The first-order valence-electron chi connectivity index (χ1n) is 6.86. The molecule has 0 aliphatic heterocycles. The maximum Gasteiger partial charge on any atom is 0.213 e. The lowest BCUT2D eigenvalue weighted by molar-refractivity contribution is 0.142. The van der Waals surface area contributed by atoms with Gasteiger partial charge in [-0.15, -0.1) is 11.6 Å². The van der Waals surface area contributed by atoms with Gasteiger partial charge in [0.15, 0.2) is 0 Å². The molecule has 1 fully saturated rings. The van der Waals surface area contributed by atoms with Gasteiger partial charge in [0.2, 0.25) is 10.0 Å². The molecule has 1 rings (SSSR count).